The van der Waals surface area contributed by atoms with Gasteiger partial charge in [-0.05, 0) is 25.5 Å². The summed E-state index contributed by atoms with van der Waals surface area (Å²) in [6.45, 7) is 4.12. The largest absolute Gasteiger partial charge is 0.477 e. The van der Waals surface area contributed by atoms with Gasteiger partial charge < -0.3 is 9.64 Å². The monoisotopic (exact) mass is 371 g/mol. The molecule has 0 radical (unpaired) electrons. The van der Waals surface area contributed by atoms with E-state index in [-0.39, 0.29) is 24.8 Å². The van der Waals surface area contributed by atoms with Gasteiger partial charge in [0.1, 0.15) is 11.4 Å². The van der Waals surface area contributed by atoms with E-state index in [1.54, 1.807) is 13.0 Å². The fourth-order valence-electron chi connectivity index (χ4n) is 2.40. The lowest BCUT2D eigenvalue weighted by molar-refractivity contribution is -0.139. The van der Waals surface area contributed by atoms with Crippen molar-refractivity contribution >= 4 is 11.6 Å². The molecule has 142 valence electrons. The zero-order valence-electron chi connectivity index (χ0n) is 14.7. The molecular weight excluding hydrogens is 350 g/mol. The van der Waals surface area contributed by atoms with Gasteiger partial charge in [0.2, 0.25) is 11.8 Å². The minimum absolute atomic E-state index is 0.0453. The van der Waals surface area contributed by atoms with Crippen molar-refractivity contribution in [3.8, 4) is 5.88 Å². The second-order valence-corrected chi connectivity index (χ2v) is 5.64. The SMILES string of the molecule is CCCCCOc1nc(N(CC)c2ccccc2F)ncc1C(F)(F)F. The second-order valence-electron chi connectivity index (χ2n) is 5.64. The van der Waals surface area contributed by atoms with Crippen molar-refractivity contribution in [1.29, 1.82) is 0 Å². The lowest BCUT2D eigenvalue weighted by Crippen LogP contribution is -2.21. The van der Waals surface area contributed by atoms with Gasteiger partial charge in [-0.1, -0.05) is 31.9 Å². The van der Waals surface area contributed by atoms with Crippen LogP contribution in [0.15, 0.2) is 30.5 Å². The van der Waals surface area contributed by atoms with Crippen LogP contribution in [-0.4, -0.2) is 23.1 Å². The van der Waals surface area contributed by atoms with Crippen LogP contribution in [0.25, 0.3) is 0 Å². The average molecular weight is 371 g/mol. The molecule has 26 heavy (non-hydrogen) atoms. The van der Waals surface area contributed by atoms with E-state index in [4.69, 9.17) is 4.74 Å². The first-order chi connectivity index (χ1) is 12.4. The van der Waals surface area contributed by atoms with Crippen LogP contribution in [-0.2, 0) is 6.18 Å². The quantitative estimate of drug-likeness (QED) is 0.462. The topological polar surface area (TPSA) is 38.2 Å². The maximum Gasteiger partial charge on any atom is 0.423 e. The van der Waals surface area contributed by atoms with Crippen molar-refractivity contribution in [2.75, 3.05) is 18.1 Å². The van der Waals surface area contributed by atoms with E-state index < -0.39 is 23.4 Å². The fraction of sp³-hybridized carbons (Fsp3) is 0.444. The highest BCUT2D eigenvalue weighted by atomic mass is 19.4. The third kappa shape index (κ3) is 4.83. The maximum atomic E-state index is 14.1. The van der Waals surface area contributed by atoms with E-state index >= 15 is 0 Å². The van der Waals surface area contributed by atoms with E-state index in [2.05, 4.69) is 9.97 Å². The summed E-state index contributed by atoms with van der Waals surface area (Å²) in [4.78, 5) is 9.12. The molecular formula is C18H21F4N3O. The van der Waals surface area contributed by atoms with E-state index in [0.717, 1.165) is 12.8 Å². The zero-order valence-corrected chi connectivity index (χ0v) is 14.7. The number of halogens is 4. The Balaban J connectivity index is 2.38. The molecule has 0 saturated heterocycles. The number of hydrogen-bond donors (Lipinski definition) is 0. The molecule has 0 aliphatic rings. The summed E-state index contributed by atoms with van der Waals surface area (Å²) in [6.07, 6.45) is -1.57. The Kier molecular flexibility index (Phi) is 6.76. The Bertz CT molecular complexity index is 722. The fourth-order valence-corrected chi connectivity index (χ4v) is 2.40. The van der Waals surface area contributed by atoms with Gasteiger partial charge in [-0.3, -0.25) is 0 Å². The number of ether oxygens (including phenoxy) is 1. The van der Waals surface area contributed by atoms with Crippen molar-refractivity contribution < 1.29 is 22.3 Å². The molecule has 0 spiro atoms. The molecule has 4 nitrogen and oxygen atoms in total. The van der Waals surface area contributed by atoms with Crippen LogP contribution in [0.4, 0.5) is 29.2 Å². The van der Waals surface area contributed by atoms with Gasteiger partial charge in [0, 0.05) is 12.7 Å². The molecule has 0 N–H and O–H groups in total. The van der Waals surface area contributed by atoms with Gasteiger partial charge in [0.05, 0.1) is 12.3 Å². The van der Waals surface area contributed by atoms with Crippen LogP contribution in [0.5, 0.6) is 5.88 Å². The summed E-state index contributed by atoms with van der Waals surface area (Å²) in [7, 11) is 0. The number of benzene rings is 1. The van der Waals surface area contributed by atoms with Gasteiger partial charge in [-0.25, -0.2) is 9.37 Å². The molecule has 0 saturated carbocycles. The summed E-state index contributed by atoms with van der Waals surface area (Å²) in [6, 6.07) is 5.95. The van der Waals surface area contributed by atoms with E-state index in [1.165, 1.54) is 23.1 Å². The van der Waals surface area contributed by atoms with Crippen LogP contribution >= 0.6 is 0 Å². The van der Waals surface area contributed by atoms with Crippen LogP contribution in [0.1, 0.15) is 38.7 Å². The van der Waals surface area contributed by atoms with Gasteiger partial charge in [0.15, 0.2) is 0 Å². The predicted octanol–water partition coefficient (Wildman–Crippen LogP) is 5.36. The molecule has 0 unspecified atom stereocenters. The number of para-hydroxylation sites is 1. The third-order valence-electron chi connectivity index (χ3n) is 3.73. The molecule has 1 aromatic heterocycles. The average Bonchev–Trinajstić information content (AvgIpc) is 2.60. The molecule has 0 atom stereocenters. The number of nitrogens with zero attached hydrogens (tertiary/aromatic N) is 3. The number of rotatable bonds is 8. The smallest absolute Gasteiger partial charge is 0.423 e. The molecule has 1 heterocycles. The molecule has 0 amide bonds. The molecule has 8 heteroatoms. The van der Waals surface area contributed by atoms with Crippen LogP contribution in [0.3, 0.4) is 0 Å². The minimum atomic E-state index is -4.63. The summed E-state index contributed by atoms with van der Waals surface area (Å²) < 4.78 is 58.9. The summed E-state index contributed by atoms with van der Waals surface area (Å²) in [5.74, 6) is -1.09. The van der Waals surface area contributed by atoms with Gasteiger partial charge in [0.25, 0.3) is 0 Å². The number of aromatic nitrogens is 2. The highest BCUT2D eigenvalue weighted by molar-refractivity contribution is 5.58. The first kappa shape index (κ1) is 19.9. The van der Waals surface area contributed by atoms with Crippen molar-refractivity contribution in [2.24, 2.45) is 0 Å². The summed E-state index contributed by atoms with van der Waals surface area (Å²) in [5.41, 5.74) is -0.853. The zero-order chi connectivity index (χ0) is 19.2. The van der Waals surface area contributed by atoms with Gasteiger partial charge >= 0.3 is 6.18 Å². The minimum Gasteiger partial charge on any atom is -0.477 e. The molecule has 0 fully saturated rings. The van der Waals surface area contributed by atoms with E-state index in [9.17, 15) is 17.6 Å². The number of unbranched alkanes of at least 4 members (excludes halogenated alkanes) is 2. The lowest BCUT2D eigenvalue weighted by Gasteiger charge is -2.22. The van der Waals surface area contributed by atoms with Crippen LogP contribution in [0.2, 0.25) is 0 Å². The maximum absolute atomic E-state index is 14.1. The molecule has 2 rings (SSSR count). The highest BCUT2D eigenvalue weighted by Gasteiger charge is 2.36. The van der Waals surface area contributed by atoms with Crippen molar-refractivity contribution in [2.45, 2.75) is 39.3 Å². The van der Waals surface area contributed by atoms with Gasteiger partial charge in [-0.15, -0.1) is 0 Å². The van der Waals surface area contributed by atoms with E-state index in [0.29, 0.717) is 12.6 Å². The lowest BCUT2D eigenvalue weighted by atomic mass is 10.2. The number of hydrogen-bond acceptors (Lipinski definition) is 4. The van der Waals surface area contributed by atoms with E-state index in [1.807, 2.05) is 6.92 Å². The molecule has 0 aliphatic heterocycles. The second kappa shape index (κ2) is 8.82. The summed E-state index contributed by atoms with van der Waals surface area (Å²) >= 11 is 0. The van der Waals surface area contributed by atoms with Crippen LogP contribution < -0.4 is 9.64 Å². The predicted molar refractivity (Wildman–Crippen MR) is 91.1 cm³/mol. The molecule has 0 aliphatic carbocycles. The van der Waals surface area contributed by atoms with Crippen molar-refractivity contribution in [3.05, 3.63) is 41.8 Å². The Labute approximate surface area is 149 Å². The first-order valence-electron chi connectivity index (χ1n) is 8.47. The van der Waals surface area contributed by atoms with Crippen LogP contribution in [0, 0.1) is 5.82 Å². The third-order valence-corrected chi connectivity index (χ3v) is 3.73. The number of anilines is 2. The van der Waals surface area contributed by atoms with Crippen molar-refractivity contribution in [1.82, 2.24) is 9.97 Å². The Morgan fingerprint density at radius 1 is 1.12 bits per heavy atom. The normalized spacial score (nSPS) is 11.5. The first-order valence-corrected chi connectivity index (χ1v) is 8.47. The van der Waals surface area contributed by atoms with Gasteiger partial charge in [-0.2, -0.15) is 18.2 Å². The van der Waals surface area contributed by atoms with Crippen molar-refractivity contribution in [3.63, 3.8) is 0 Å². The standard InChI is InChI=1S/C18H21F4N3O/c1-3-5-8-11-26-16-13(18(20,21)22)12-23-17(24-16)25(4-2)15-10-7-6-9-14(15)19/h6-7,9-10,12H,3-5,8,11H2,1-2H3. The highest BCUT2D eigenvalue weighted by Crippen LogP contribution is 2.36. The Morgan fingerprint density at radius 2 is 1.85 bits per heavy atom. The Hall–Kier alpha value is -2.38. The molecule has 0 bridgehead atoms. The number of alkyl halides is 3. The molecule has 2 aromatic rings. The summed E-state index contributed by atoms with van der Waals surface area (Å²) in [5, 5.41) is 0. The Morgan fingerprint density at radius 3 is 2.46 bits per heavy atom. The molecule has 1 aromatic carbocycles.